The largest absolute Gasteiger partial charge is 0.381 e. The van der Waals surface area contributed by atoms with Gasteiger partial charge in [-0.05, 0) is 30.9 Å². The van der Waals surface area contributed by atoms with Crippen molar-refractivity contribution in [2.75, 3.05) is 11.9 Å². The van der Waals surface area contributed by atoms with E-state index in [-0.39, 0.29) is 0 Å². The predicted molar refractivity (Wildman–Crippen MR) is 79.4 cm³/mol. The Balaban J connectivity index is 1.93. The van der Waals surface area contributed by atoms with E-state index in [9.17, 15) is 0 Å². The van der Waals surface area contributed by atoms with Crippen molar-refractivity contribution in [1.82, 2.24) is 4.98 Å². The van der Waals surface area contributed by atoms with Gasteiger partial charge < -0.3 is 10.1 Å². The average Bonchev–Trinajstić information content (AvgIpc) is 2.50. The molecule has 0 radical (unpaired) electrons. The fourth-order valence-corrected chi connectivity index (χ4v) is 2.88. The van der Waals surface area contributed by atoms with Crippen LogP contribution in [-0.4, -0.2) is 23.7 Å². The number of nitrogens with zero attached hydrogens (tertiary/aromatic N) is 2. The Hall–Kier alpha value is -1.60. The predicted octanol–water partition coefficient (Wildman–Crippen LogP) is 3.35. The maximum atomic E-state index is 8.75. The quantitative estimate of drug-likeness (QED) is 0.893. The van der Waals surface area contributed by atoms with Gasteiger partial charge in [0.05, 0.1) is 18.0 Å². The summed E-state index contributed by atoms with van der Waals surface area (Å²) in [4.78, 5) is 4.09. The minimum Gasteiger partial charge on any atom is -0.381 e. The Morgan fingerprint density at radius 3 is 2.85 bits per heavy atom. The van der Waals surface area contributed by atoms with Gasteiger partial charge >= 0.3 is 0 Å². The highest BCUT2D eigenvalue weighted by molar-refractivity contribution is 5.43. The van der Waals surface area contributed by atoms with Crippen molar-refractivity contribution >= 4 is 5.69 Å². The van der Waals surface area contributed by atoms with Gasteiger partial charge in [-0.3, -0.25) is 0 Å². The molecule has 4 heteroatoms. The van der Waals surface area contributed by atoms with Crippen molar-refractivity contribution in [2.24, 2.45) is 5.92 Å². The molecule has 0 bridgehead atoms. The van der Waals surface area contributed by atoms with E-state index in [1.54, 1.807) is 12.3 Å². The van der Waals surface area contributed by atoms with Crippen LogP contribution in [0.2, 0.25) is 0 Å². The van der Waals surface area contributed by atoms with Crippen LogP contribution < -0.4 is 5.32 Å². The van der Waals surface area contributed by atoms with Gasteiger partial charge in [-0.15, -0.1) is 0 Å². The minimum absolute atomic E-state index is 0.364. The van der Waals surface area contributed by atoms with E-state index in [1.807, 2.05) is 12.1 Å². The molecule has 1 saturated heterocycles. The Bertz CT molecular complexity index is 448. The molecule has 1 fully saturated rings. The van der Waals surface area contributed by atoms with Gasteiger partial charge in [0, 0.05) is 12.6 Å². The molecule has 1 aliphatic rings. The van der Waals surface area contributed by atoms with E-state index in [0.717, 1.165) is 25.1 Å². The summed E-state index contributed by atoms with van der Waals surface area (Å²) in [6, 6.07) is 6.14. The molecule has 2 heterocycles. The number of hydrogen-bond donors (Lipinski definition) is 1. The fourth-order valence-electron chi connectivity index (χ4n) is 2.88. The monoisotopic (exact) mass is 273 g/mol. The van der Waals surface area contributed by atoms with E-state index < -0.39 is 0 Å². The summed E-state index contributed by atoms with van der Waals surface area (Å²) in [5.41, 5.74) is 1.44. The molecule has 2 atom stereocenters. The first-order valence-electron chi connectivity index (χ1n) is 7.51. The summed E-state index contributed by atoms with van der Waals surface area (Å²) >= 11 is 0. The van der Waals surface area contributed by atoms with Crippen LogP contribution in [0.4, 0.5) is 5.69 Å². The van der Waals surface area contributed by atoms with Crippen LogP contribution >= 0.6 is 0 Å². The Morgan fingerprint density at radius 2 is 2.25 bits per heavy atom. The fraction of sp³-hybridized carbons (Fsp3) is 0.625. The second-order valence-electron chi connectivity index (χ2n) is 5.40. The summed E-state index contributed by atoms with van der Waals surface area (Å²) in [5.74, 6) is 0.652. The Kier molecular flexibility index (Phi) is 5.37. The number of hydrogen-bond acceptors (Lipinski definition) is 4. The summed E-state index contributed by atoms with van der Waals surface area (Å²) < 4.78 is 5.93. The van der Waals surface area contributed by atoms with E-state index in [2.05, 4.69) is 24.1 Å². The summed E-state index contributed by atoms with van der Waals surface area (Å²) in [7, 11) is 0. The molecular formula is C16H23N3O. The number of anilines is 1. The third-order valence-electron chi connectivity index (χ3n) is 4.14. The molecule has 1 aromatic rings. The van der Waals surface area contributed by atoms with E-state index in [1.165, 1.54) is 12.8 Å². The maximum Gasteiger partial charge on any atom is 0.140 e. The third-order valence-corrected chi connectivity index (χ3v) is 4.14. The van der Waals surface area contributed by atoms with Gasteiger partial charge in [0.25, 0.3) is 0 Å². The molecule has 1 aliphatic heterocycles. The molecule has 0 saturated carbocycles. The van der Waals surface area contributed by atoms with Gasteiger partial charge in [0.1, 0.15) is 11.8 Å². The molecule has 20 heavy (non-hydrogen) atoms. The van der Waals surface area contributed by atoms with Crippen LogP contribution in [0.5, 0.6) is 0 Å². The molecule has 0 spiro atoms. The van der Waals surface area contributed by atoms with E-state index in [0.29, 0.717) is 23.8 Å². The lowest BCUT2D eigenvalue weighted by atomic mass is 9.89. The van der Waals surface area contributed by atoms with Crippen molar-refractivity contribution in [2.45, 2.75) is 51.7 Å². The number of pyridine rings is 1. The smallest absolute Gasteiger partial charge is 0.140 e. The van der Waals surface area contributed by atoms with Crippen molar-refractivity contribution in [3.8, 4) is 6.07 Å². The molecule has 2 rings (SSSR count). The van der Waals surface area contributed by atoms with Gasteiger partial charge in [-0.1, -0.05) is 26.7 Å². The molecule has 4 nitrogen and oxygen atoms in total. The number of rotatable bonds is 5. The molecular weight excluding hydrogens is 250 g/mol. The van der Waals surface area contributed by atoms with Crippen LogP contribution in [0, 0.1) is 17.2 Å². The second kappa shape index (κ2) is 7.25. The van der Waals surface area contributed by atoms with Crippen LogP contribution in [0.15, 0.2) is 18.3 Å². The Morgan fingerprint density at radius 1 is 1.45 bits per heavy atom. The number of aromatic nitrogens is 1. The minimum atomic E-state index is 0.364. The summed E-state index contributed by atoms with van der Waals surface area (Å²) in [6.07, 6.45) is 6.52. The molecule has 2 unspecified atom stereocenters. The van der Waals surface area contributed by atoms with Crippen LogP contribution in [0.25, 0.3) is 0 Å². The average molecular weight is 273 g/mol. The standard InChI is InChI=1S/C16H23N3O/c1-3-12(4-2)16-9-13(7-8-20-16)19-15-6-5-14(10-17)18-11-15/h5-6,11-13,16,19H,3-4,7-9H2,1-2H3. The van der Waals surface area contributed by atoms with Crippen molar-refractivity contribution in [3.05, 3.63) is 24.0 Å². The lowest BCUT2D eigenvalue weighted by Gasteiger charge is -2.34. The zero-order valence-corrected chi connectivity index (χ0v) is 12.3. The highest BCUT2D eigenvalue weighted by Crippen LogP contribution is 2.26. The highest BCUT2D eigenvalue weighted by Gasteiger charge is 2.27. The van der Waals surface area contributed by atoms with E-state index >= 15 is 0 Å². The highest BCUT2D eigenvalue weighted by atomic mass is 16.5. The number of nitriles is 1. The molecule has 0 aliphatic carbocycles. The molecule has 1 N–H and O–H groups in total. The van der Waals surface area contributed by atoms with Crippen LogP contribution in [0.1, 0.15) is 45.2 Å². The lowest BCUT2D eigenvalue weighted by molar-refractivity contribution is -0.0271. The first-order chi connectivity index (χ1) is 9.76. The summed E-state index contributed by atoms with van der Waals surface area (Å²) in [6.45, 7) is 5.29. The zero-order chi connectivity index (χ0) is 14.4. The van der Waals surface area contributed by atoms with Gasteiger partial charge in [-0.25, -0.2) is 4.98 Å². The van der Waals surface area contributed by atoms with Crippen molar-refractivity contribution < 1.29 is 4.74 Å². The first-order valence-corrected chi connectivity index (χ1v) is 7.51. The van der Waals surface area contributed by atoms with Crippen molar-refractivity contribution in [3.63, 3.8) is 0 Å². The molecule has 1 aromatic heterocycles. The number of ether oxygens (including phenoxy) is 1. The van der Waals surface area contributed by atoms with E-state index in [4.69, 9.17) is 10.00 Å². The maximum absolute atomic E-state index is 8.75. The first kappa shape index (κ1) is 14.8. The second-order valence-corrected chi connectivity index (χ2v) is 5.40. The summed E-state index contributed by atoms with van der Waals surface area (Å²) in [5, 5.41) is 12.3. The molecule has 0 amide bonds. The Labute approximate surface area is 121 Å². The lowest BCUT2D eigenvalue weighted by Crippen LogP contribution is -2.37. The number of nitrogens with one attached hydrogen (secondary N) is 1. The van der Waals surface area contributed by atoms with Gasteiger partial charge in [0.15, 0.2) is 0 Å². The molecule has 0 aromatic carbocycles. The van der Waals surface area contributed by atoms with Crippen molar-refractivity contribution in [1.29, 1.82) is 5.26 Å². The van der Waals surface area contributed by atoms with Crippen LogP contribution in [0.3, 0.4) is 0 Å². The third kappa shape index (κ3) is 3.71. The van der Waals surface area contributed by atoms with Gasteiger partial charge in [-0.2, -0.15) is 5.26 Å². The van der Waals surface area contributed by atoms with Crippen LogP contribution in [-0.2, 0) is 4.74 Å². The molecule has 108 valence electrons. The topological polar surface area (TPSA) is 57.9 Å². The normalized spacial score (nSPS) is 22.5. The SMILES string of the molecule is CCC(CC)C1CC(Nc2ccc(C#N)nc2)CCO1. The van der Waals surface area contributed by atoms with Gasteiger partial charge in [0.2, 0.25) is 0 Å². The zero-order valence-electron chi connectivity index (χ0n) is 12.3.